The Balaban J connectivity index is 2.57. The highest BCUT2D eigenvalue weighted by molar-refractivity contribution is 6.31. The minimum absolute atomic E-state index is 0.167. The average molecular weight is 301 g/mol. The highest BCUT2D eigenvalue weighted by Crippen LogP contribution is 2.24. The number of ether oxygens (including phenoxy) is 1. The van der Waals surface area contributed by atoms with Crippen molar-refractivity contribution in [2.75, 3.05) is 47.0 Å². The molecular formula is C15H25ClN2O2. The smallest absolute Gasteiger partial charge is 0.0589 e. The first kappa shape index (κ1) is 17.4. The van der Waals surface area contributed by atoms with Gasteiger partial charge in [0.05, 0.1) is 13.2 Å². The molecule has 4 nitrogen and oxygen atoms in total. The lowest BCUT2D eigenvalue weighted by atomic mass is 10.0. The Kier molecular flexibility index (Phi) is 8.82. The van der Waals surface area contributed by atoms with Crippen molar-refractivity contribution in [3.8, 4) is 0 Å². The highest BCUT2D eigenvalue weighted by atomic mass is 35.5. The topological polar surface area (TPSA) is 44.7 Å². The van der Waals surface area contributed by atoms with Gasteiger partial charge in [-0.25, -0.2) is 0 Å². The molecule has 5 heteroatoms. The molecule has 1 aromatic carbocycles. The predicted molar refractivity (Wildman–Crippen MR) is 83.3 cm³/mol. The van der Waals surface area contributed by atoms with Crippen molar-refractivity contribution < 1.29 is 9.84 Å². The van der Waals surface area contributed by atoms with Crippen LogP contribution in [0.15, 0.2) is 24.3 Å². The molecule has 0 saturated carbocycles. The van der Waals surface area contributed by atoms with Crippen LogP contribution >= 0.6 is 11.6 Å². The Morgan fingerprint density at radius 1 is 1.30 bits per heavy atom. The number of hydrogen-bond acceptors (Lipinski definition) is 4. The number of hydrogen-bond donors (Lipinski definition) is 2. The molecule has 0 bridgehead atoms. The summed E-state index contributed by atoms with van der Waals surface area (Å²) in [6.45, 7) is 3.23. The molecule has 20 heavy (non-hydrogen) atoms. The van der Waals surface area contributed by atoms with Crippen molar-refractivity contribution in [1.82, 2.24) is 10.2 Å². The standard InChI is InChI=1S/C15H25ClN2O2/c1-17-15(13-5-3-4-6-14(13)16)7-8-18(9-11-19)10-12-20-2/h3-6,15,17,19H,7-12H2,1-2H3. The van der Waals surface area contributed by atoms with E-state index in [2.05, 4.69) is 16.3 Å². The van der Waals surface area contributed by atoms with Crippen molar-refractivity contribution >= 4 is 11.6 Å². The molecule has 0 fully saturated rings. The summed E-state index contributed by atoms with van der Waals surface area (Å²) in [6.07, 6.45) is 0.934. The maximum absolute atomic E-state index is 9.10. The summed E-state index contributed by atoms with van der Waals surface area (Å²) in [4.78, 5) is 2.20. The highest BCUT2D eigenvalue weighted by Gasteiger charge is 2.14. The van der Waals surface area contributed by atoms with E-state index >= 15 is 0 Å². The molecule has 0 aromatic heterocycles. The zero-order valence-electron chi connectivity index (χ0n) is 12.3. The maximum Gasteiger partial charge on any atom is 0.0589 e. The zero-order chi connectivity index (χ0) is 14.8. The fourth-order valence-corrected chi connectivity index (χ4v) is 2.49. The molecular weight excluding hydrogens is 276 g/mol. The van der Waals surface area contributed by atoms with Crippen LogP contribution in [0.25, 0.3) is 0 Å². The Hall–Kier alpha value is -0.650. The molecule has 0 spiro atoms. The number of benzene rings is 1. The van der Waals surface area contributed by atoms with Crippen LogP contribution in [0.1, 0.15) is 18.0 Å². The van der Waals surface area contributed by atoms with E-state index in [1.807, 2.05) is 25.2 Å². The number of aliphatic hydroxyl groups excluding tert-OH is 1. The van der Waals surface area contributed by atoms with Crippen LogP contribution in [0.5, 0.6) is 0 Å². The van der Waals surface area contributed by atoms with E-state index in [4.69, 9.17) is 21.4 Å². The van der Waals surface area contributed by atoms with Crippen LogP contribution in [0.2, 0.25) is 5.02 Å². The second kappa shape index (κ2) is 10.1. The molecule has 0 aliphatic carbocycles. The second-order valence-corrected chi connectivity index (χ2v) is 5.12. The van der Waals surface area contributed by atoms with Crippen molar-refractivity contribution in [3.05, 3.63) is 34.9 Å². The number of methoxy groups -OCH3 is 1. The van der Waals surface area contributed by atoms with Crippen LogP contribution in [-0.4, -0.2) is 57.0 Å². The monoisotopic (exact) mass is 300 g/mol. The molecule has 1 unspecified atom stereocenters. The molecule has 1 rings (SSSR count). The normalized spacial score (nSPS) is 12.8. The molecule has 0 saturated heterocycles. The third-order valence-electron chi connectivity index (χ3n) is 3.39. The van der Waals surface area contributed by atoms with E-state index in [-0.39, 0.29) is 12.6 Å². The molecule has 0 heterocycles. The SMILES string of the molecule is CNC(CCN(CCO)CCOC)c1ccccc1Cl. The summed E-state index contributed by atoms with van der Waals surface area (Å²) in [6, 6.07) is 8.12. The van der Waals surface area contributed by atoms with Crippen LogP contribution in [0.3, 0.4) is 0 Å². The van der Waals surface area contributed by atoms with Crippen LogP contribution < -0.4 is 5.32 Å². The van der Waals surface area contributed by atoms with E-state index in [1.54, 1.807) is 7.11 Å². The van der Waals surface area contributed by atoms with Gasteiger partial charge in [0.1, 0.15) is 0 Å². The van der Waals surface area contributed by atoms with Gasteiger partial charge >= 0.3 is 0 Å². The molecule has 0 amide bonds. The predicted octanol–water partition coefficient (Wildman–Crippen LogP) is 1.93. The summed E-state index contributed by atoms with van der Waals surface area (Å²) in [7, 11) is 3.64. The van der Waals surface area contributed by atoms with Gasteiger partial charge in [-0.1, -0.05) is 29.8 Å². The van der Waals surface area contributed by atoms with Crippen molar-refractivity contribution in [2.24, 2.45) is 0 Å². The van der Waals surface area contributed by atoms with Gasteiger partial charge in [0, 0.05) is 37.8 Å². The first-order valence-corrected chi connectivity index (χ1v) is 7.34. The van der Waals surface area contributed by atoms with Gasteiger partial charge in [-0.2, -0.15) is 0 Å². The van der Waals surface area contributed by atoms with Crippen LogP contribution in [0, 0.1) is 0 Å². The lowest BCUT2D eigenvalue weighted by Crippen LogP contribution is -2.33. The second-order valence-electron chi connectivity index (χ2n) is 4.71. The average Bonchev–Trinajstić information content (AvgIpc) is 2.46. The van der Waals surface area contributed by atoms with E-state index < -0.39 is 0 Å². The third-order valence-corrected chi connectivity index (χ3v) is 3.74. The van der Waals surface area contributed by atoms with Gasteiger partial charge in [-0.15, -0.1) is 0 Å². The number of aliphatic hydroxyl groups is 1. The van der Waals surface area contributed by atoms with Gasteiger partial charge in [-0.3, -0.25) is 4.90 Å². The Bertz CT molecular complexity index is 377. The molecule has 0 radical (unpaired) electrons. The minimum Gasteiger partial charge on any atom is -0.395 e. The Morgan fingerprint density at radius 3 is 2.65 bits per heavy atom. The van der Waals surface area contributed by atoms with Crippen molar-refractivity contribution in [3.63, 3.8) is 0 Å². The minimum atomic E-state index is 0.167. The zero-order valence-corrected chi connectivity index (χ0v) is 13.1. The van der Waals surface area contributed by atoms with Gasteiger partial charge in [0.25, 0.3) is 0 Å². The quantitative estimate of drug-likeness (QED) is 0.693. The van der Waals surface area contributed by atoms with E-state index in [1.165, 1.54) is 0 Å². The van der Waals surface area contributed by atoms with Crippen molar-refractivity contribution in [2.45, 2.75) is 12.5 Å². The fraction of sp³-hybridized carbons (Fsp3) is 0.600. The molecule has 2 N–H and O–H groups in total. The Morgan fingerprint density at radius 2 is 2.05 bits per heavy atom. The lowest BCUT2D eigenvalue weighted by Gasteiger charge is -2.24. The summed E-state index contributed by atoms with van der Waals surface area (Å²) in [5.41, 5.74) is 1.12. The van der Waals surface area contributed by atoms with Gasteiger partial charge in [0.2, 0.25) is 0 Å². The van der Waals surface area contributed by atoms with Gasteiger partial charge in [-0.05, 0) is 25.1 Å². The largest absolute Gasteiger partial charge is 0.395 e. The van der Waals surface area contributed by atoms with E-state index in [9.17, 15) is 0 Å². The first-order chi connectivity index (χ1) is 9.72. The van der Waals surface area contributed by atoms with Gasteiger partial charge in [0.15, 0.2) is 0 Å². The summed E-state index contributed by atoms with van der Waals surface area (Å²) in [5.74, 6) is 0. The Labute approximate surface area is 126 Å². The fourth-order valence-electron chi connectivity index (χ4n) is 2.22. The molecule has 1 atom stereocenters. The molecule has 1 aromatic rings. The van der Waals surface area contributed by atoms with Crippen LogP contribution in [0.4, 0.5) is 0 Å². The van der Waals surface area contributed by atoms with Crippen LogP contribution in [-0.2, 0) is 4.74 Å². The van der Waals surface area contributed by atoms with Crippen molar-refractivity contribution in [1.29, 1.82) is 0 Å². The molecule has 0 aliphatic rings. The van der Waals surface area contributed by atoms with Gasteiger partial charge < -0.3 is 15.2 Å². The molecule has 0 aliphatic heterocycles. The third kappa shape index (κ3) is 5.77. The number of nitrogens with one attached hydrogen (secondary N) is 1. The number of halogens is 1. The first-order valence-electron chi connectivity index (χ1n) is 6.96. The number of rotatable bonds is 10. The number of nitrogens with zero attached hydrogens (tertiary/aromatic N) is 1. The van der Waals surface area contributed by atoms with E-state index in [0.717, 1.165) is 30.1 Å². The summed E-state index contributed by atoms with van der Waals surface area (Å²) >= 11 is 6.24. The molecule has 114 valence electrons. The lowest BCUT2D eigenvalue weighted by molar-refractivity contribution is 0.128. The van der Waals surface area contributed by atoms with E-state index in [0.29, 0.717) is 13.2 Å². The summed E-state index contributed by atoms with van der Waals surface area (Å²) in [5, 5.41) is 13.2. The summed E-state index contributed by atoms with van der Waals surface area (Å²) < 4.78 is 5.10. The maximum atomic E-state index is 9.10.